The van der Waals surface area contributed by atoms with Crippen molar-refractivity contribution in [3.8, 4) is 0 Å². The predicted molar refractivity (Wildman–Crippen MR) is 78.6 cm³/mol. The molecule has 0 radical (unpaired) electrons. The van der Waals surface area contributed by atoms with Gasteiger partial charge in [0.15, 0.2) is 0 Å². The van der Waals surface area contributed by atoms with Crippen molar-refractivity contribution >= 4 is 11.9 Å². The minimum absolute atomic E-state index is 0.0613. The number of rotatable bonds is 4. The number of carboxylic acids is 1. The molecule has 1 aromatic carbocycles. The van der Waals surface area contributed by atoms with Crippen LogP contribution in [0, 0.1) is 6.92 Å². The molecule has 5 heteroatoms. The molecule has 21 heavy (non-hydrogen) atoms. The van der Waals surface area contributed by atoms with Crippen molar-refractivity contribution < 1.29 is 14.7 Å². The molecular weight excluding hydrogens is 268 g/mol. The molecule has 0 aliphatic rings. The lowest BCUT2D eigenvalue weighted by molar-refractivity contribution is 0.0696. The average Bonchev–Trinajstić information content (AvgIpc) is 2.46. The molecule has 0 aliphatic carbocycles. The molecule has 1 aromatic heterocycles. The number of aryl methyl sites for hydroxylation is 1. The highest BCUT2D eigenvalue weighted by atomic mass is 16.4. The third kappa shape index (κ3) is 3.66. The van der Waals surface area contributed by atoms with Crippen molar-refractivity contribution in [2.24, 2.45) is 0 Å². The maximum Gasteiger partial charge on any atom is 0.335 e. The van der Waals surface area contributed by atoms with Crippen LogP contribution in [0.25, 0.3) is 0 Å². The third-order valence-electron chi connectivity index (χ3n) is 3.05. The van der Waals surface area contributed by atoms with Crippen molar-refractivity contribution in [1.29, 1.82) is 0 Å². The number of carbonyl (C=O) groups is 2. The third-order valence-corrected chi connectivity index (χ3v) is 3.05. The Balaban J connectivity index is 2.40. The Hall–Kier alpha value is -2.69. The van der Waals surface area contributed by atoms with Crippen LogP contribution in [0.5, 0.6) is 0 Å². The van der Waals surface area contributed by atoms with Crippen molar-refractivity contribution in [3.05, 3.63) is 64.5 Å². The SMILES string of the molecule is CNC(=O)c1cc(C(=O)O)cc(Cc2cccc(C)c2)n1. The predicted octanol–water partition coefficient (Wildman–Crippen LogP) is 2.04. The Morgan fingerprint density at radius 2 is 2.00 bits per heavy atom. The van der Waals surface area contributed by atoms with Gasteiger partial charge in [-0.1, -0.05) is 29.8 Å². The molecule has 2 rings (SSSR count). The minimum atomic E-state index is -1.08. The van der Waals surface area contributed by atoms with Gasteiger partial charge in [-0.15, -0.1) is 0 Å². The average molecular weight is 284 g/mol. The van der Waals surface area contributed by atoms with E-state index in [0.717, 1.165) is 11.1 Å². The first-order chi connectivity index (χ1) is 9.99. The minimum Gasteiger partial charge on any atom is -0.478 e. The molecule has 108 valence electrons. The molecule has 0 bridgehead atoms. The maximum atomic E-state index is 11.7. The molecule has 1 amide bonds. The highest BCUT2D eigenvalue weighted by Gasteiger charge is 2.13. The largest absolute Gasteiger partial charge is 0.478 e. The van der Waals surface area contributed by atoms with Gasteiger partial charge < -0.3 is 10.4 Å². The van der Waals surface area contributed by atoms with Crippen molar-refractivity contribution in [1.82, 2.24) is 10.3 Å². The number of nitrogens with zero attached hydrogens (tertiary/aromatic N) is 1. The van der Waals surface area contributed by atoms with Gasteiger partial charge in [-0.3, -0.25) is 4.79 Å². The molecule has 2 N–H and O–H groups in total. The van der Waals surface area contributed by atoms with Gasteiger partial charge in [0.05, 0.1) is 5.56 Å². The van der Waals surface area contributed by atoms with Crippen molar-refractivity contribution in [2.45, 2.75) is 13.3 Å². The first kappa shape index (κ1) is 14.7. The lowest BCUT2D eigenvalue weighted by Gasteiger charge is -2.07. The van der Waals surface area contributed by atoms with Gasteiger partial charge in [-0.05, 0) is 24.6 Å². The Morgan fingerprint density at radius 1 is 1.24 bits per heavy atom. The van der Waals surface area contributed by atoms with Gasteiger partial charge >= 0.3 is 5.97 Å². The second-order valence-corrected chi connectivity index (χ2v) is 4.78. The van der Waals surface area contributed by atoms with Gasteiger partial charge in [-0.25, -0.2) is 9.78 Å². The summed E-state index contributed by atoms with van der Waals surface area (Å²) in [6.45, 7) is 1.99. The van der Waals surface area contributed by atoms with E-state index in [1.807, 2.05) is 31.2 Å². The molecular formula is C16H16N2O3. The molecule has 0 atom stereocenters. The summed E-state index contributed by atoms with van der Waals surface area (Å²) < 4.78 is 0. The van der Waals surface area contributed by atoms with E-state index in [2.05, 4.69) is 10.3 Å². The molecule has 2 aromatic rings. The molecule has 0 spiro atoms. The molecule has 0 aliphatic heterocycles. The fourth-order valence-corrected chi connectivity index (χ4v) is 2.08. The topological polar surface area (TPSA) is 79.3 Å². The first-order valence-electron chi connectivity index (χ1n) is 6.51. The maximum absolute atomic E-state index is 11.7. The number of hydrogen-bond donors (Lipinski definition) is 2. The van der Waals surface area contributed by atoms with E-state index in [1.54, 1.807) is 0 Å². The summed E-state index contributed by atoms with van der Waals surface area (Å²) >= 11 is 0. The highest BCUT2D eigenvalue weighted by molar-refractivity contribution is 5.95. The van der Waals surface area contributed by atoms with Gasteiger partial charge in [0, 0.05) is 19.2 Å². The second kappa shape index (κ2) is 6.17. The standard InChI is InChI=1S/C16H16N2O3/c1-10-4-3-5-11(6-10)7-13-8-12(16(20)21)9-14(18-13)15(19)17-2/h3-6,8-9H,7H2,1-2H3,(H,17,19)(H,20,21). The van der Waals surface area contributed by atoms with E-state index >= 15 is 0 Å². The lowest BCUT2D eigenvalue weighted by Crippen LogP contribution is -2.20. The van der Waals surface area contributed by atoms with Crippen molar-refractivity contribution in [3.63, 3.8) is 0 Å². The van der Waals surface area contributed by atoms with Gasteiger partial charge in [0.25, 0.3) is 5.91 Å². The number of benzene rings is 1. The molecule has 0 unspecified atom stereocenters. The number of aromatic nitrogens is 1. The second-order valence-electron chi connectivity index (χ2n) is 4.78. The van der Waals surface area contributed by atoms with Crippen LogP contribution in [-0.2, 0) is 6.42 Å². The summed E-state index contributed by atoms with van der Waals surface area (Å²) in [4.78, 5) is 27.1. The van der Waals surface area contributed by atoms with E-state index in [0.29, 0.717) is 12.1 Å². The summed E-state index contributed by atoms with van der Waals surface area (Å²) in [5.41, 5.74) is 2.87. The lowest BCUT2D eigenvalue weighted by atomic mass is 10.0. The van der Waals surface area contributed by atoms with Crippen LogP contribution in [0.4, 0.5) is 0 Å². The summed E-state index contributed by atoms with van der Waals surface area (Å²) in [5, 5.41) is 11.6. The van der Waals surface area contributed by atoms with Crippen molar-refractivity contribution in [2.75, 3.05) is 7.05 Å². The van der Waals surface area contributed by atoms with E-state index in [-0.39, 0.29) is 11.3 Å². The van der Waals surface area contributed by atoms with Crippen LogP contribution in [0.2, 0.25) is 0 Å². The molecule has 1 heterocycles. The molecule has 0 saturated carbocycles. The van der Waals surface area contributed by atoms with Gasteiger partial charge in [0.1, 0.15) is 5.69 Å². The van der Waals surface area contributed by atoms with Crippen LogP contribution in [-0.4, -0.2) is 29.0 Å². The smallest absolute Gasteiger partial charge is 0.335 e. The van der Waals surface area contributed by atoms with Gasteiger partial charge in [-0.2, -0.15) is 0 Å². The summed E-state index contributed by atoms with van der Waals surface area (Å²) in [5.74, 6) is -1.48. The zero-order valence-corrected chi connectivity index (χ0v) is 11.9. The Morgan fingerprint density at radius 3 is 2.62 bits per heavy atom. The summed E-state index contributed by atoms with van der Waals surface area (Å²) in [7, 11) is 1.48. The quantitative estimate of drug-likeness (QED) is 0.900. The van der Waals surface area contributed by atoms with E-state index in [4.69, 9.17) is 5.11 Å². The zero-order chi connectivity index (χ0) is 15.4. The normalized spacial score (nSPS) is 10.2. The summed E-state index contributed by atoms with van der Waals surface area (Å²) in [6.07, 6.45) is 0.479. The molecule has 5 nitrogen and oxygen atoms in total. The monoisotopic (exact) mass is 284 g/mol. The summed E-state index contributed by atoms with van der Waals surface area (Å²) in [6, 6.07) is 10.7. The van der Waals surface area contributed by atoms with E-state index in [1.165, 1.54) is 19.2 Å². The van der Waals surface area contributed by atoms with E-state index < -0.39 is 11.9 Å². The Labute approximate surface area is 122 Å². The fourth-order valence-electron chi connectivity index (χ4n) is 2.08. The van der Waals surface area contributed by atoms with Crippen LogP contribution in [0.15, 0.2) is 36.4 Å². The number of carboxylic acid groups (broad SMARTS) is 1. The molecule has 0 fully saturated rings. The number of pyridine rings is 1. The fraction of sp³-hybridized carbons (Fsp3) is 0.188. The number of aromatic carboxylic acids is 1. The van der Waals surface area contributed by atoms with Crippen LogP contribution in [0.1, 0.15) is 37.7 Å². The first-order valence-corrected chi connectivity index (χ1v) is 6.51. The van der Waals surface area contributed by atoms with E-state index in [9.17, 15) is 9.59 Å². The molecule has 0 saturated heterocycles. The van der Waals surface area contributed by atoms with Gasteiger partial charge in [0.2, 0.25) is 0 Å². The Kier molecular flexibility index (Phi) is 4.33. The number of hydrogen-bond acceptors (Lipinski definition) is 3. The number of carbonyl (C=O) groups excluding carboxylic acids is 1. The number of amides is 1. The van der Waals surface area contributed by atoms with Crippen LogP contribution < -0.4 is 5.32 Å². The number of nitrogens with one attached hydrogen (secondary N) is 1. The highest BCUT2D eigenvalue weighted by Crippen LogP contribution is 2.13. The van der Waals surface area contributed by atoms with Crippen LogP contribution in [0.3, 0.4) is 0 Å². The van der Waals surface area contributed by atoms with Crippen LogP contribution >= 0.6 is 0 Å². The Bertz CT molecular complexity index is 696. The zero-order valence-electron chi connectivity index (χ0n) is 11.9.